The predicted octanol–water partition coefficient (Wildman–Crippen LogP) is 1.57. The maximum Gasteiger partial charge on any atom is 0.360 e. The zero-order chi connectivity index (χ0) is 11.0. The van der Waals surface area contributed by atoms with E-state index in [0.29, 0.717) is 17.1 Å². The van der Waals surface area contributed by atoms with Crippen LogP contribution >= 0.6 is 15.9 Å². The molecule has 0 aliphatic rings. The highest BCUT2D eigenvalue weighted by atomic mass is 79.9. The van der Waals surface area contributed by atoms with Crippen LogP contribution in [-0.4, -0.2) is 27.2 Å². The number of carbonyl (C=O) groups is 1. The van der Waals surface area contributed by atoms with Crippen molar-refractivity contribution in [3.63, 3.8) is 0 Å². The van der Waals surface area contributed by atoms with Gasteiger partial charge in [0.1, 0.15) is 5.76 Å². The fraction of sp³-hybridized carbons (Fsp3) is 0.375. The van der Waals surface area contributed by atoms with Crippen LogP contribution in [0.1, 0.15) is 23.2 Å². The lowest BCUT2D eigenvalue weighted by atomic mass is 10.4. The predicted molar refractivity (Wildman–Crippen MR) is 53.6 cm³/mol. The minimum atomic E-state index is -0.467. The van der Waals surface area contributed by atoms with Crippen molar-refractivity contribution in [3.05, 3.63) is 16.2 Å². The van der Waals surface area contributed by atoms with Crippen LogP contribution in [0.4, 0.5) is 0 Å². The molecule has 2 rings (SSSR count). The second kappa shape index (κ2) is 3.65. The summed E-state index contributed by atoms with van der Waals surface area (Å²) in [6, 6.07) is 0. The van der Waals surface area contributed by atoms with E-state index in [0.717, 1.165) is 0 Å². The van der Waals surface area contributed by atoms with Crippen LogP contribution in [0.5, 0.6) is 0 Å². The molecule has 0 saturated carbocycles. The van der Waals surface area contributed by atoms with E-state index in [-0.39, 0.29) is 11.5 Å². The van der Waals surface area contributed by atoms with Gasteiger partial charge in [0.15, 0.2) is 5.69 Å². The van der Waals surface area contributed by atoms with Gasteiger partial charge in [0.05, 0.1) is 6.61 Å². The maximum absolute atomic E-state index is 11.6. The average Bonchev–Trinajstić information content (AvgIpc) is 2.59. The zero-order valence-corrected chi connectivity index (χ0v) is 9.74. The molecule has 0 aromatic carbocycles. The van der Waals surface area contributed by atoms with E-state index < -0.39 is 5.97 Å². The summed E-state index contributed by atoms with van der Waals surface area (Å²) >= 11 is 3.10. The third kappa shape index (κ3) is 1.63. The first-order valence-electron chi connectivity index (χ1n) is 4.32. The maximum atomic E-state index is 11.6. The van der Waals surface area contributed by atoms with Gasteiger partial charge in [-0.1, -0.05) is 0 Å². The number of aryl methyl sites for hydroxylation is 1. The van der Waals surface area contributed by atoms with Gasteiger partial charge in [-0.15, -0.1) is 5.10 Å². The average molecular weight is 274 g/mol. The summed E-state index contributed by atoms with van der Waals surface area (Å²) < 4.78 is 11.8. The molecular formula is C8H8BrN3O3. The van der Waals surface area contributed by atoms with Crippen LogP contribution in [-0.2, 0) is 4.74 Å². The van der Waals surface area contributed by atoms with E-state index in [1.807, 2.05) is 0 Å². The summed E-state index contributed by atoms with van der Waals surface area (Å²) in [6.07, 6.45) is 0. The van der Waals surface area contributed by atoms with Gasteiger partial charge in [-0.2, -0.15) is 9.50 Å². The molecule has 0 fully saturated rings. The van der Waals surface area contributed by atoms with E-state index >= 15 is 0 Å². The molecule has 0 atom stereocenters. The molecule has 0 aliphatic heterocycles. The number of rotatable bonds is 2. The van der Waals surface area contributed by atoms with Crippen molar-refractivity contribution >= 4 is 27.7 Å². The van der Waals surface area contributed by atoms with Crippen LogP contribution in [0.15, 0.2) is 9.15 Å². The van der Waals surface area contributed by atoms with Gasteiger partial charge in [0.2, 0.25) is 4.73 Å². The minimum absolute atomic E-state index is 0.266. The normalized spacial score (nSPS) is 10.9. The molecular weight excluding hydrogens is 266 g/mol. The fourth-order valence-corrected chi connectivity index (χ4v) is 1.56. The quantitative estimate of drug-likeness (QED) is 0.777. The Kier molecular flexibility index (Phi) is 2.47. The first-order valence-corrected chi connectivity index (χ1v) is 5.11. The molecule has 0 bridgehead atoms. The van der Waals surface area contributed by atoms with E-state index in [9.17, 15) is 4.79 Å². The number of ether oxygens (including phenoxy) is 1. The largest absolute Gasteiger partial charge is 0.461 e. The zero-order valence-electron chi connectivity index (χ0n) is 8.15. The lowest BCUT2D eigenvalue weighted by molar-refractivity contribution is 0.0515. The number of fused-ring (bicyclic) bond motifs is 1. The van der Waals surface area contributed by atoms with Crippen molar-refractivity contribution in [2.75, 3.05) is 6.61 Å². The first-order chi connectivity index (χ1) is 7.13. The van der Waals surface area contributed by atoms with Gasteiger partial charge in [-0.3, -0.25) is 0 Å². The van der Waals surface area contributed by atoms with Gasteiger partial charge in [-0.05, 0) is 29.8 Å². The molecule has 15 heavy (non-hydrogen) atoms. The Balaban J connectivity index is 2.56. The van der Waals surface area contributed by atoms with Crippen molar-refractivity contribution in [1.29, 1.82) is 0 Å². The number of hydrogen-bond acceptors (Lipinski definition) is 5. The second-order valence-corrected chi connectivity index (χ2v) is 3.51. The second-order valence-electron chi connectivity index (χ2n) is 2.80. The molecule has 0 N–H and O–H groups in total. The number of halogens is 1. The van der Waals surface area contributed by atoms with Gasteiger partial charge < -0.3 is 9.15 Å². The van der Waals surface area contributed by atoms with Crippen LogP contribution in [0.25, 0.3) is 5.84 Å². The molecule has 2 heterocycles. The Morgan fingerprint density at radius 3 is 3.07 bits per heavy atom. The van der Waals surface area contributed by atoms with E-state index in [1.54, 1.807) is 13.8 Å². The first kappa shape index (κ1) is 10.2. The van der Waals surface area contributed by atoms with Crippen molar-refractivity contribution in [2.45, 2.75) is 13.8 Å². The third-order valence-electron chi connectivity index (χ3n) is 1.81. The van der Waals surface area contributed by atoms with Gasteiger partial charge in [-0.25, -0.2) is 4.79 Å². The van der Waals surface area contributed by atoms with E-state index in [2.05, 4.69) is 26.0 Å². The molecule has 0 aliphatic carbocycles. The van der Waals surface area contributed by atoms with Crippen molar-refractivity contribution in [2.24, 2.45) is 0 Å². The summed E-state index contributed by atoms with van der Waals surface area (Å²) in [5.74, 6) is 0.240. The minimum Gasteiger partial charge on any atom is -0.461 e. The lowest BCUT2D eigenvalue weighted by Crippen LogP contribution is -2.09. The molecule has 0 amide bonds. The van der Waals surface area contributed by atoms with Crippen molar-refractivity contribution < 1.29 is 13.9 Å². The third-order valence-corrected chi connectivity index (χ3v) is 2.15. The molecule has 0 spiro atoms. The van der Waals surface area contributed by atoms with Crippen LogP contribution in [0.3, 0.4) is 0 Å². The number of carbonyl (C=O) groups excluding carboxylic acids is 1. The molecule has 6 nitrogen and oxygen atoms in total. The highest BCUT2D eigenvalue weighted by Gasteiger charge is 2.21. The molecule has 2 aromatic heterocycles. The van der Waals surface area contributed by atoms with Gasteiger partial charge in [0, 0.05) is 0 Å². The van der Waals surface area contributed by atoms with Gasteiger partial charge in [0.25, 0.3) is 0 Å². The number of hydrogen-bond donors (Lipinski definition) is 0. The summed E-state index contributed by atoms with van der Waals surface area (Å²) in [5.41, 5.74) is 0.269. The number of aromatic nitrogens is 3. The molecule has 80 valence electrons. The molecule has 0 radical (unpaired) electrons. The number of nitrogens with zero attached hydrogens (tertiary/aromatic N) is 3. The highest BCUT2D eigenvalue weighted by Crippen LogP contribution is 2.17. The summed E-state index contributed by atoms with van der Waals surface area (Å²) in [7, 11) is 0. The van der Waals surface area contributed by atoms with E-state index in [1.165, 1.54) is 4.52 Å². The Morgan fingerprint density at radius 2 is 2.40 bits per heavy atom. The van der Waals surface area contributed by atoms with Crippen LogP contribution in [0.2, 0.25) is 0 Å². The molecule has 0 unspecified atom stereocenters. The topological polar surface area (TPSA) is 69.6 Å². The Bertz CT molecular complexity index is 516. The van der Waals surface area contributed by atoms with Gasteiger partial charge >= 0.3 is 11.8 Å². The smallest absolute Gasteiger partial charge is 0.360 e. The van der Waals surface area contributed by atoms with E-state index in [4.69, 9.17) is 9.15 Å². The summed E-state index contributed by atoms with van der Waals surface area (Å²) in [4.78, 5) is 15.5. The highest BCUT2D eigenvalue weighted by molar-refractivity contribution is 9.10. The number of oxazole rings is 1. The molecule has 0 saturated heterocycles. The monoisotopic (exact) mass is 273 g/mol. The fourth-order valence-electron chi connectivity index (χ4n) is 1.25. The lowest BCUT2D eigenvalue weighted by Gasteiger charge is -1.98. The number of esters is 1. The van der Waals surface area contributed by atoms with Crippen LogP contribution < -0.4 is 0 Å². The summed E-state index contributed by atoms with van der Waals surface area (Å²) in [5, 5.41) is 3.96. The Labute approximate surface area is 93.4 Å². The molecule has 7 heteroatoms. The Morgan fingerprint density at radius 1 is 1.67 bits per heavy atom. The van der Waals surface area contributed by atoms with Crippen molar-refractivity contribution in [1.82, 2.24) is 14.6 Å². The van der Waals surface area contributed by atoms with Crippen molar-refractivity contribution in [3.8, 4) is 0 Å². The van der Waals surface area contributed by atoms with Crippen LogP contribution in [0, 0.1) is 6.92 Å². The standard InChI is InChI=1S/C8H8BrN3O3/c1-3-14-6(13)5-4(2)15-8-10-7(9)11-12(5)8/h3H2,1-2H3. The Hall–Kier alpha value is -1.37. The summed E-state index contributed by atoms with van der Waals surface area (Å²) in [6.45, 7) is 3.71. The molecule has 2 aromatic rings. The SMILES string of the molecule is CCOC(=O)c1c(C)oc2nc(Br)nn12.